The molecule has 0 aliphatic carbocycles. The second-order valence-electron chi connectivity index (χ2n) is 4.95. The molecule has 0 bridgehead atoms. The highest BCUT2D eigenvalue weighted by Crippen LogP contribution is 2.27. The third kappa shape index (κ3) is 2.20. The van der Waals surface area contributed by atoms with Crippen LogP contribution in [0, 0.1) is 0 Å². The number of hydrogen-bond acceptors (Lipinski definition) is 4. The number of nitrogens with zero attached hydrogens (tertiary/aromatic N) is 2. The molecule has 2 atom stereocenters. The average molecular weight is 247 g/mol. The molecule has 1 aliphatic heterocycles. The Morgan fingerprint density at radius 2 is 2.24 bits per heavy atom. The number of likely N-dealkylation sites (N-methyl/N-ethyl adjacent to an activating group) is 1. The van der Waals surface area contributed by atoms with Crippen molar-refractivity contribution in [3.05, 3.63) is 29.3 Å². The van der Waals surface area contributed by atoms with Crippen molar-refractivity contribution in [2.45, 2.75) is 18.4 Å². The van der Waals surface area contributed by atoms with E-state index in [9.17, 15) is 0 Å². The molecule has 1 saturated heterocycles. The molecule has 3 nitrogen and oxygen atoms in total. The van der Waals surface area contributed by atoms with Crippen LogP contribution in [0.3, 0.4) is 0 Å². The van der Waals surface area contributed by atoms with Crippen molar-refractivity contribution in [1.29, 1.82) is 0 Å². The quantitative estimate of drug-likeness (QED) is 0.838. The number of fused-ring (bicyclic) bond motifs is 1. The van der Waals surface area contributed by atoms with Gasteiger partial charge in [0.15, 0.2) is 0 Å². The maximum absolute atomic E-state index is 6.08. The van der Waals surface area contributed by atoms with Gasteiger partial charge in [-0.3, -0.25) is 4.98 Å². The maximum atomic E-state index is 6.08. The zero-order valence-electron chi connectivity index (χ0n) is 9.97. The fourth-order valence-corrected chi connectivity index (χ4v) is 3.40. The maximum Gasteiger partial charge on any atom is 0.0813 e. The number of piperidine rings is 1. The van der Waals surface area contributed by atoms with Crippen LogP contribution in [0.1, 0.15) is 18.0 Å². The molecule has 1 fully saturated rings. The van der Waals surface area contributed by atoms with E-state index >= 15 is 0 Å². The van der Waals surface area contributed by atoms with Crippen molar-refractivity contribution in [2.75, 3.05) is 20.1 Å². The van der Waals surface area contributed by atoms with Crippen LogP contribution in [0.25, 0.3) is 10.2 Å². The lowest BCUT2D eigenvalue weighted by Crippen LogP contribution is -2.44. The Hall–Kier alpha value is -0.970. The van der Waals surface area contributed by atoms with Gasteiger partial charge in [0.25, 0.3) is 0 Å². The van der Waals surface area contributed by atoms with Crippen LogP contribution in [-0.2, 0) is 0 Å². The molecule has 0 spiro atoms. The normalized spacial score (nSPS) is 26.5. The molecule has 3 rings (SSSR count). The number of rotatable bonds is 1. The van der Waals surface area contributed by atoms with Crippen LogP contribution >= 0.6 is 11.3 Å². The van der Waals surface area contributed by atoms with Crippen LogP contribution < -0.4 is 5.73 Å². The molecule has 4 heteroatoms. The predicted octanol–water partition coefficient (Wildman–Crippen LogP) is 2.04. The Balaban J connectivity index is 1.91. The van der Waals surface area contributed by atoms with E-state index in [0.29, 0.717) is 5.92 Å². The van der Waals surface area contributed by atoms with Gasteiger partial charge < -0.3 is 10.6 Å². The summed E-state index contributed by atoms with van der Waals surface area (Å²) in [6, 6.07) is 6.71. The minimum Gasteiger partial charge on any atom is -0.327 e. The third-order valence-electron chi connectivity index (χ3n) is 3.41. The largest absolute Gasteiger partial charge is 0.327 e. The lowest BCUT2D eigenvalue weighted by molar-refractivity contribution is 0.225. The number of aromatic nitrogens is 1. The highest BCUT2D eigenvalue weighted by atomic mass is 32.1. The first-order valence-electron chi connectivity index (χ1n) is 6.00. The standard InChI is InChI=1S/C13H17N3S/c1-16-7-9(6-10(14)8-16)11-2-3-13-12(15-11)4-5-17-13/h2-5,9-10H,6-8,14H2,1H3. The predicted molar refractivity (Wildman–Crippen MR) is 72.5 cm³/mol. The SMILES string of the molecule is CN1CC(N)CC(c2ccc3sccc3n2)C1. The summed E-state index contributed by atoms with van der Waals surface area (Å²) in [4.78, 5) is 7.06. The van der Waals surface area contributed by atoms with Crippen LogP contribution in [-0.4, -0.2) is 36.1 Å². The summed E-state index contributed by atoms with van der Waals surface area (Å²) in [5, 5.41) is 2.10. The van der Waals surface area contributed by atoms with Gasteiger partial charge in [-0.15, -0.1) is 11.3 Å². The van der Waals surface area contributed by atoms with Gasteiger partial charge in [0, 0.05) is 30.7 Å². The Bertz CT molecular complexity index is 512. The molecular weight excluding hydrogens is 230 g/mol. The second kappa shape index (κ2) is 4.37. The van der Waals surface area contributed by atoms with E-state index in [1.807, 2.05) is 0 Å². The summed E-state index contributed by atoms with van der Waals surface area (Å²) in [6.07, 6.45) is 1.05. The van der Waals surface area contributed by atoms with Crippen LogP contribution in [0.5, 0.6) is 0 Å². The monoisotopic (exact) mass is 247 g/mol. The topological polar surface area (TPSA) is 42.1 Å². The minimum absolute atomic E-state index is 0.277. The van der Waals surface area contributed by atoms with E-state index in [4.69, 9.17) is 10.7 Å². The van der Waals surface area contributed by atoms with Gasteiger partial charge >= 0.3 is 0 Å². The Morgan fingerprint density at radius 3 is 3.06 bits per heavy atom. The van der Waals surface area contributed by atoms with Gasteiger partial charge in [0.1, 0.15) is 0 Å². The lowest BCUT2D eigenvalue weighted by Gasteiger charge is -2.33. The van der Waals surface area contributed by atoms with E-state index in [-0.39, 0.29) is 6.04 Å². The molecule has 0 radical (unpaired) electrons. The number of thiophene rings is 1. The fraction of sp³-hybridized carbons (Fsp3) is 0.462. The van der Waals surface area contributed by atoms with E-state index in [2.05, 4.69) is 35.5 Å². The first-order chi connectivity index (χ1) is 8.22. The first kappa shape index (κ1) is 11.1. The Labute approximate surface area is 105 Å². The lowest BCUT2D eigenvalue weighted by atomic mass is 9.92. The summed E-state index contributed by atoms with van der Waals surface area (Å²) >= 11 is 1.75. The summed E-state index contributed by atoms with van der Waals surface area (Å²) in [5.74, 6) is 0.480. The highest BCUT2D eigenvalue weighted by Gasteiger charge is 2.25. The fourth-order valence-electron chi connectivity index (χ4n) is 2.68. The van der Waals surface area contributed by atoms with Crippen molar-refractivity contribution < 1.29 is 0 Å². The molecule has 0 amide bonds. The van der Waals surface area contributed by atoms with Gasteiger partial charge in [0.2, 0.25) is 0 Å². The molecule has 2 aromatic heterocycles. The first-order valence-corrected chi connectivity index (χ1v) is 6.88. The zero-order valence-corrected chi connectivity index (χ0v) is 10.8. The van der Waals surface area contributed by atoms with E-state index < -0.39 is 0 Å². The summed E-state index contributed by atoms with van der Waals surface area (Å²) < 4.78 is 1.27. The molecule has 17 heavy (non-hydrogen) atoms. The van der Waals surface area contributed by atoms with Crippen LogP contribution in [0.4, 0.5) is 0 Å². The average Bonchev–Trinajstić information content (AvgIpc) is 2.74. The number of nitrogens with two attached hydrogens (primary N) is 1. The van der Waals surface area contributed by atoms with Crippen LogP contribution in [0.2, 0.25) is 0 Å². The number of likely N-dealkylation sites (tertiary alicyclic amines) is 1. The smallest absolute Gasteiger partial charge is 0.0813 e. The van der Waals surface area contributed by atoms with E-state index in [1.54, 1.807) is 11.3 Å². The molecule has 0 saturated carbocycles. The second-order valence-corrected chi connectivity index (χ2v) is 5.90. The van der Waals surface area contributed by atoms with Crippen molar-refractivity contribution in [3.63, 3.8) is 0 Å². The van der Waals surface area contributed by atoms with Gasteiger partial charge in [-0.2, -0.15) is 0 Å². The van der Waals surface area contributed by atoms with Crippen molar-refractivity contribution in [3.8, 4) is 0 Å². The van der Waals surface area contributed by atoms with Crippen molar-refractivity contribution >= 4 is 21.6 Å². The molecule has 0 aromatic carbocycles. The van der Waals surface area contributed by atoms with Gasteiger partial charge in [-0.25, -0.2) is 0 Å². The highest BCUT2D eigenvalue weighted by molar-refractivity contribution is 7.17. The Kier molecular flexibility index (Phi) is 2.86. The van der Waals surface area contributed by atoms with Gasteiger partial charge in [-0.1, -0.05) is 0 Å². The van der Waals surface area contributed by atoms with Gasteiger partial charge in [-0.05, 0) is 37.0 Å². The molecule has 3 heterocycles. The van der Waals surface area contributed by atoms with Gasteiger partial charge in [0.05, 0.1) is 10.2 Å². The summed E-state index contributed by atoms with van der Waals surface area (Å²) in [7, 11) is 2.13. The molecule has 2 aromatic rings. The zero-order chi connectivity index (χ0) is 11.8. The summed E-state index contributed by atoms with van der Waals surface area (Å²) in [5.41, 5.74) is 8.39. The Morgan fingerprint density at radius 1 is 1.35 bits per heavy atom. The molecule has 2 unspecified atom stereocenters. The third-order valence-corrected chi connectivity index (χ3v) is 4.28. The molecule has 2 N–H and O–H groups in total. The molecule has 90 valence electrons. The summed E-state index contributed by atoms with van der Waals surface area (Å²) in [6.45, 7) is 2.06. The van der Waals surface area contributed by atoms with Crippen LogP contribution in [0.15, 0.2) is 23.6 Å². The van der Waals surface area contributed by atoms with E-state index in [0.717, 1.165) is 25.0 Å². The van der Waals surface area contributed by atoms with Crippen molar-refractivity contribution in [2.24, 2.45) is 5.73 Å². The number of hydrogen-bond donors (Lipinski definition) is 1. The molecule has 1 aliphatic rings. The van der Waals surface area contributed by atoms with Crippen molar-refractivity contribution in [1.82, 2.24) is 9.88 Å². The molecular formula is C13H17N3S. The minimum atomic E-state index is 0.277. The van der Waals surface area contributed by atoms with E-state index in [1.165, 1.54) is 10.4 Å². The number of pyridine rings is 1.